The monoisotopic (exact) mass is 343 g/mol. The van der Waals surface area contributed by atoms with Crippen molar-refractivity contribution in [3.63, 3.8) is 0 Å². The maximum absolute atomic E-state index is 6.50. The first kappa shape index (κ1) is 17.3. The van der Waals surface area contributed by atoms with Crippen molar-refractivity contribution < 1.29 is 0 Å². The molecule has 0 spiro atoms. The number of nitrogens with one attached hydrogen (secondary N) is 3. The van der Waals surface area contributed by atoms with Crippen molar-refractivity contribution in [2.75, 3.05) is 45.0 Å². The largest absolute Gasteiger partial charge is 0.383 e. The summed E-state index contributed by atoms with van der Waals surface area (Å²) in [5, 5.41) is 10.5. The molecule has 3 saturated heterocycles. The summed E-state index contributed by atoms with van der Waals surface area (Å²) in [4.78, 5) is 4.71. The van der Waals surface area contributed by atoms with E-state index in [-0.39, 0.29) is 0 Å². The van der Waals surface area contributed by atoms with Gasteiger partial charge in [0.25, 0.3) is 0 Å². The van der Waals surface area contributed by atoms with Gasteiger partial charge in [-0.25, -0.2) is 4.98 Å². The van der Waals surface area contributed by atoms with Crippen molar-refractivity contribution in [1.82, 2.24) is 20.9 Å². The van der Waals surface area contributed by atoms with Gasteiger partial charge in [-0.2, -0.15) is 0 Å². The molecule has 3 fully saturated rings. The van der Waals surface area contributed by atoms with E-state index in [9.17, 15) is 0 Å². The van der Waals surface area contributed by atoms with Gasteiger partial charge in [-0.1, -0.05) is 0 Å². The first-order valence-corrected chi connectivity index (χ1v) is 10.2. The number of nitrogen functional groups attached to an aromatic ring is 1. The van der Waals surface area contributed by atoms with Crippen LogP contribution in [0.1, 0.15) is 73.0 Å². The van der Waals surface area contributed by atoms with Gasteiger partial charge in [-0.3, -0.25) is 0 Å². The average molecular weight is 344 g/mol. The summed E-state index contributed by atoms with van der Waals surface area (Å²) >= 11 is 0. The number of nitrogens with two attached hydrogens (primary N) is 1. The van der Waals surface area contributed by atoms with Crippen molar-refractivity contribution in [2.45, 2.75) is 56.3 Å². The fraction of sp³-hybridized carbons (Fsp3) is 0.750. The van der Waals surface area contributed by atoms with Crippen molar-refractivity contribution >= 4 is 5.82 Å². The number of hydrogen-bond donors (Lipinski definition) is 4. The van der Waals surface area contributed by atoms with Crippen LogP contribution in [0.4, 0.5) is 5.82 Å². The predicted octanol–water partition coefficient (Wildman–Crippen LogP) is 2.06. The lowest BCUT2D eigenvalue weighted by Crippen LogP contribution is -2.32. The Morgan fingerprint density at radius 2 is 1.12 bits per heavy atom. The van der Waals surface area contributed by atoms with Crippen LogP contribution in [0, 0.1) is 0 Å². The summed E-state index contributed by atoms with van der Waals surface area (Å²) in [7, 11) is 0. The van der Waals surface area contributed by atoms with Gasteiger partial charge in [-0.05, 0) is 107 Å². The molecule has 25 heavy (non-hydrogen) atoms. The highest BCUT2D eigenvalue weighted by Crippen LogP contribution is 2.43. The normalized spacial score (nSPS) is 24.5. The van der Waals surface area contributed by atoms with Gasteiger partial charge < -0.3 is 21.7 Å². The molecule has 5 heteroatoms. The van der Waals surface area contributed by atoms with Gasteiger partial charge in [0, 0.05) is 11.8 Å². The second-order valence-corrected chi connectivity index (χ2v) is 8.00. The lowest BCUT2D eigenvalue weighted by Gasteiger charge is -2.35. The SMILES string of the molecule is Nc1ncc(C2CCNCC2)c(C2CCNCC2)c1C1CCNCC1. The van der Waals surface area contributed by atoms with Crippen LogP contribution in [0.5, 0.6) is 0 Å². The Morgan fingerprint density at radius 1 is 0.680 bits per heavy atom. The van der Waals surface area contributed by atoms with E-state index in [1.165, 1.54) is 49.7 Å². The molecule has 5 nitrogen and oxygen atoms in total. The zero-order valence-corrected chi connectivity index (χ0v) is 15.3. The van der Waals surface area contributed by atoms with E-state index >= 15 is 0 Å². The minimum absolute atomic E-state index is 0.584. The van der Waals surface area contributed by atoms with E-state index in [0.717, 1.165) is 45.1 Å². The molecule has 0 radical (unpaired) electrons. The molecule has 3 aliphatic heterocycles. The highest BCUT2D eigenvalue weighted by Gasteiger charge is 2.31. The molecule has 4 heterocycles. The number of pyridine rings is 1. The van der Waals surface area contributed by atoms with Crippen LogP contribution in [0.2, 0.25) is 0 Å². The Balaban J connectivity index is 1.76. The third-order valence-corrected chi connectivity index (χ3v) is 6.49. The van der Waals surface area contributed by atoms with Gasteiger partial charge in [0.2, 0.25) is 0 Å². The third-order valence-electron chi connectivity index (χ3n) is 6.49. The molecule has 0 unspecified atom stereocenters. The maximum atomic E-state index is 6.50. The van der Waals surface area contributed by atoms with Crippen LogP contribution in [0.15, 0.2) is 6.20 Å². The van der Waals surface area contributed by atoms with E-state index in [2.05, 4.69) is 22.1 Å². The molecule has 0 aromatic carbocycles. The van der Waals surface area contributed by atoms with Gasteiger partial charge in [0.15, 0.2) is 0 Å². The number of piperidine rings is 3. The molecule has 1 aromatic rings. The molecule has 0 amide bonds. The van der Waals surface area contributed by atoms with Crippen molar-refractivity contribution in [3.05, 3.63) is 22.9 Å². The van der Waals surface area contributed by atoms with Crippen LogP contribution >= 0.6 is 0 Å². The standard InChI is InChI=1S/C20H33N5/c21-20-19(16-5-11-24-12-6-16)18(15-3-9-23-10-4-15)17(13-25-20)14-1-7-22-8-2-14/h13-16,22-24H,1-12H2,(H2,21,25). The number of hydrogen-bond acceptors (Lipinski definition) is 5. The lowest BCUT2D eigenvalue weighted by molar-refractivity contribution is 0.420. The van der Waals surface area contributed by atoms with Crippen LogP contribution < -0.4 is 21.7 Å². The molecule has 0 saturated carbocycles. The van der Waals surface area contributed by atoms with E-state index in [1.54, 1.807) is 5.56 Å². The van der Waals surface area contributed by atoms with Gasteiger partial charge in [0.1, 0.15) is 5.82 Å². The number of aromatic nitrogens is 1. The maximum Gasteiger partial charge on any atom is 0.127 e. The summed E-state index contributed by atoms with van der Waals surface area (Å²) in [6.07, 6.45) is 9.45. The van der Waals surface area contributed by atoms with Gasteiger partial charge in [0.05, 0.1) is 0 Å². The Labute approximate surface area is 151 Å². The number of rotatable bonds is 3. The highest BCUT2D eigenvalue weighted by atomic mass is 14.9. The first-order chi connectivity index (χ1) is 12.3. The average Bonchev–Trinajstić information content (AvgIpc) is 2.70. The van der Waals surface area contributed by atoms with Crippen LogP contribution in [-0.2, 0) is 0 Å². The van der Waals surface area contributed by atoms with E-state index < -0.39 is 0 Å². The van der Waals surface area contributed by atoms with Crippen molar-refractivity contribution in [3.8, 4) is 0 Å². The minimum Gasteiger partial charge on any atom is -0.383 e. The zero-order valence-electron chi connectivity index (χ0n) is 15.3. The second kappa shape index (κ2) is 8.02. The second-order valence-electron chi connectivity index (χ2n) is 8.00. The summed E-state index contributed by atoms with van der Waals surface area (Å²) in [5.74, 6) is 2.69. The first-order valence-electron chi connectivity index (χ1n) is 10.2. The Bertz CT molecular complexity index is 570. The quantitative estimate of drug-likeness (QED) is 0.676. The van der Waals surface area contributed by atoms with Crippen molar-refractivity contribution in [1.29, 1.82) is 0 Å². The highest BCUT2D eigenvalue weighted by molar-refractivity contribution is 5.53. The molecule has 1 aromatic heterocycles. The van der Waals surface area contributed by atoms with E-state index in [1.807, 2.05) is 0 Å². The fourth-order valence-corrected chi connectivity index (χ4v) is 5.14. The van der Waals surface area contributed by atoms with Crippen molar-refractivity contribution in [2.24, 2.45) is 0 Å². The topological polar surface area (TPSA) is 75.0 Å². The van der Waals surface area contributed by atoms with Gasteiger partial charge >= 0.3 is 0 Å². The smallest absolute Gasteiger partial charge is 0.127 e. The van der Waals surface area contributed by atoms with E-state index in [0.29, 0.717) is 17.8 Å². The van der Waals surface area contributed by atoms with Gasteiger partial charge in [-0.15, -0.1) is 0 Å². The van der Waals surface area contributed by atoms with Crippen LogP contribution in [0.3, 0.4) is 0 Å². The minimum atomic E-state index is 0.584. The Kier molecular flexibility index (Phi) is 5.54. The fourth-order valence-electron chi connectivity index (χ4n) is 5.14. The molecule has 0 aliphatic carbocycles. The van der Waals surface area contributed by atoms with Crippen LogP contribution in [0.25, 0.3) is 0 Å². The van der Waals surface area contributed by atoms with E-state index in [4.69, 9.17) is 10.7 Å². The number of anilines is 1. The van der Waals surface area contributed by atoms with Crippen LogP contribution in [-0.4, -0.2) is 44.3 Å². The Morgan fingerprint density at radius 3 is 1.64 bits per heavy atom. The third kappa shape index (κ3) is 3.69. The number of nitrogens with zero attached hydrogens (tertiary/aromatic N) is 1. The molecule has 5 N–H and O–H groups in total. The molecular formula is C20H33N5. The molecule has 138 valence electrons. The summed E-state index contributed by atoms with van der Waals surface area (Å²) in [5.41, 5.74) is 11.0. The molecule has 0 atom stereocenters. The summed E-state index contributed by atoms with van der Waals surface area (Å²) < 4.78 is 0. The summed E-state index contributed by atoms with van der Waals surface area (Å²) in [6.45, 7) is 6.72. The molecular weight excluding hydrogens is 310 g/mol. The molecule has 4 rings (SSSR count). The predicted molar refractivity (Wildman–Crippen MR) is 103 cm³/mol. The Hall–Kier alpha value is -1.17. The zero-order chi connectivity index (χ0) is 17.1. The molecule has 3 aliphatic rings. The lowest BCUT2D eigenvalue weighted by atomic mass is 9.75. The molecule has 0 bridgehead atoms. The summed E-state index contributed by atoms with van der Waals surface area (Å²) in [6, 6.07) is 0.